The van der Waals surface area contributed by atoms with Crippen molar-refractivity contribution < 1.29 is 0 Å². The first-order chi connectivity index (χ1) is 7.82. The second-order valence-electron chi connectivity index (χ2n) is 4.72. The molecule has 1 saturated heterocycles. The minimum atomic E-state index is 0.270. The third-order valence-electron chi connectivity index (χ3n) is 3.72. The maximum atomic E-state index is 4.39. The van der Waals surface area contributed by atoms with Crippen molar-refractivity contribution in [2.75, 3.05) is 13.1 Å². The Bertz CT molecular complexity index is 320. The van der Waals surface area contributed by atoms with E-state index in [1.807, 2.05) is 6.33 Å². The van der Waals surface area contributed by atoms with E-state index >= 15 is 0 Å². The molecule has 0 aliphatic carbocycles. The molecule has 1 N–H and O–H groups in total. The highest BCUT2D eigenvalue weighted by Crippen LogP contribution is 2.36. The van der Waals surface area contributed by atoms with Gasteiger partial charge in [-0.2, -0.15) is 0 Å². The molecule has 0 saturated carbocycles. The molecule has 0 radical (unpaired) electrons. The summed E-state index contributed by atoms with van der Waals surface area (Å²) in [6.07, 6.45) is 6.71. The monoisotopic (exact) mass is 222 g/mol. The number of nitrogens with zero attached hydrogens (tertiary/aromatic N) is 3. The quantitative estimate of drug-likeness (QED) is 0.843. The lowest BCUT2D eigenvalue weighted by Crippen LogP contribution is -2.41. The minimum Gasteiger partial charge on any atom is -0.317 e. The molecule has 0 unspecified atom stereocenters. The van der Waals surface area contributed by atoms with Crippen molar-refractivity contribution in [1.29, 1.82) is 0 Å². The van der Waals surface area contributed by atoms with Gasteiger partial charge in [-0.05, 0) is 39.3 Å². The molecule has 0 spiro atoms. The second kappa shape index (κ2) is 4.95. The second-order valence-corrected chi connectivity index (χ2v) is 4.72. The van der Waals surface area contributed by atoms with Gasteiger partial charge in [0.05, 0.1) is 0 Å². The number of hydrogen-bond donors (Lipinski definition) is 1. The van der Waals surface area contributed by atoms with Gasteiger partial charge in [-0.1, -0.05) is 13.3 Å². The van der Waals surface area contributed by atoms with Gasteiger partial charge < -0.3 is 9.88 Å². The van der Waals surface area contributed by atoms with Crippen molar-refractivity contribution in [1.82, 2.24) is 20.1 Å². The van der Waals surface area contributed by atoms with E-state index in [1.165, 1.54) is 31.5 Å². The molecule has 0 aromatic carbocycles. The number of aromatic nitrogens is 3. The van der Waals surface area contributed by atoms with Gasteiger partial charge in [0.1, 0.15) is 12.2 Å². The minimum absolute atomic E-state index is 0.270. The smallest absolute Gasteiger partial charge is 0.139 e. The van der Waals surface area contributed by atoms with Crippen LogP contribution in [0.4, 0.5) is 0 Å². The third kappa shape index (κ3) is 1.98. The number of nitrogens with one attached hydrogen (secondary N) is 1. The van der Waals surface area contributed by atoms with Crippen LogP contribution < -0.4 is 5.32 Å². The lowest BCUT2D eigenvalue weighted by molar-refractivity contribution is 0.262. The topological polar surface area (TPSA) is 42.7 Å². The average molecular weight is 222 g/mol. The number of rotatable bonds is 4. The van der Waals surface area contributed by atoms with Crippen LogP contribution in [0.5, 0.6) is 0 Å². The van der Waals surface area contributed by atoms with E-state index in [9.17, 15) is 0 Å². The molecule has 0 atom stereocenters. The summed E-state index contributed by atoms with van der Waals surface area (Å²) in [6, 6.07) is 0. The predicted octanol–water partition coefficient (Wildman–Crippen LogP) is 1.72. The molecule has 4 heteroatoms. The Kier molecular flexibility index (Phi) is 3.59. The summed E-state index contributed by atoms with van der Waals surface area (Å²) in [4.78, 5) is 0. The molecule has 1 aliphatic rings. The lowest BCUT2D eigenvalue weighted by Gasteiger charge is -2.36. The van der Waals surface area contributed by atoms with Crippen molar-refractivity contribution in [2.24, 2.45) is 0 Å². The highest BCUT2D eigenvalue weighted by molar-refractivity contribution is 5.10. The zero-order valence-corrected chi connectivity index (χ0v) is 10.4. The van der Waals surface area contributed by atoms with Crippen LogP contribution in [0.25, 0.3) is 0 Å². The molecule has 2 heterocycles. The summed E-state index contributed by atoms with van der Waals surface area (Å²) in [5, 5.41) is 11.9. The Hall–Kier alpha value is -0.900. The SMILES string of the molecule is CCCC1(c2nncn2CC)CCNCC1. The van der Waals surface area contributed by atoms with E-state index in [-0.39, 0.29) is 5.41 Å². The summed E-state index contributed by atoms with van der Waals surface area (Å²) in [6.45, 7) is 7.61. The number of piperidine rings is 1. The zero-order chi connectivity index (χ0) is 11.4. The van der Waals surface area contributed by atoms with Crippen LogP contribution in [0.3, 0.4) is 0 Å². The van der Waals surface area contributed by atoms with Crippen LogP contribution in [0, 0.1) is 0 Å². The fraction of sp³-hybridized carbons (Fsp3) is 0.833. The molecule has 1 aromatic heterocycles. The first-order valence-corrected chi connectivity index (χ1v) is 6.41. The molecule has 0 amide bonds. The van der Waals surface area contributed by atoms with Gasteiger partial charge in [-0.3, -0.25) is 0 Å². The van der Waals surface area contributed by atoms with E-state index in [0.29, 0.717) is 0 Å². The van der Waals surface area contributed by atoms with Crippen molar-refractivity contribution in [3.63, 3.8) is 0 Å². The first kappa shape index (κ1) is 11.6. The van der Waals surface area contributed by atoms with Crippen molar-refractivity contribution in [3.8, 4) is 0 Å². The number of aryl methyl sites for hydroxylation is 1. The molecule has 0 bridgehead atoms. The highest BCUT2D eigenvalue weighted by Gasteiger charge is 2.36. The summed E-state index contributed by atoms with van der Waals surface area (Å²) >= 11 is 0. The Morgan fingerprint density at radius 1 is 1.38 bits per heavy atom. The molecule has 1 fully saturated rings. The normalized spacial score (nSPS) is 19.9. The van der Waals surface area contributed by atoms with Gasteiger partial charge in [0.15, 0.2) is 0 Å². The Morgan fingerprint density at radius 2 is 2.12 bits per heavy atom. The maximum absolute atomic E-state index is 4.39. The van der Waals surface area contributed by atoms with Gasteiger partial charge in [0, 0.05) is 12.0 Å². The van der Waals surface area contributed by atoms with Crippen LogP contribution in [0.15, 0.2) is 6.33 Å². The van der Waals surface area contributed by atoms with Gasteiger partial charge in [-0.25, -0.2) is 0 Å². The lowest BCUT2D eigenvalue weighted by atomic mass is 9.74. The molecular formula is C12H22N4. The van der Waals surface area contributed by atoms with E-state index in [2.05, 4.69) is 33.9 Å². The van der Waals surface area contributed by atoms with Gasteiger partial charge in [0.2, 0.25) is 0 Å². The molecule has 2 rings (SSSR count). The molecule has 1 aromatic rings. The van der Waals surface area contributed by atoms with Crippen LogP contribution in [-0.4, -0.2) is 27.9 Å². The molecular weight excluding hydrogens is 200 g/mol. The maximum Gasteiger partial charge on any atom is 0.139 e. The molecule has 90 valence electrons. The summed E-state index contributed by atoms with van der Waals surface area (Å²) in [7, 11) is 0. The fourth-order valence-electron chi connectivity index (χ4n) is 2.87. The van der Waals surface area contributed by atoms with E-state index in [4.69, 9.17) is 0 Å². The zero-order valence-electron chi connectivity index (χ0n) is 10.4. The Balaban J connectivity index is 2.30. The Labute approximate surface area is 97.5 Å². The van der Waals surface area contributed by atoms with Gasteiger partial charge in [-0.15, -0.1) is 10.2 Å². The summed E-state index contributed by atoms with van der Waals surface area (Å²) < 4.78 is 2.21. The van der Waals surface area contributed by atoms with E-state index < -0.39 is 0 Å². The van der Waals surface area contributed by atoms with Crippen LogP contribution in [0.2, 0.25) is 0 Å². The molecule has 16 heavy (non-hydrogen) atoms. The summed E-state index contributed by atoms with van der Waals surface area (Å²) in [5.41, 5.74) is 0.270. The largest absolute Gasteiger partial charge is 0.317 e. The van der Waals surface area contributed by atoms with E-state index in [1.54, 1.807) is 0 Å². The van der Waals surface area contributed by atoms with Crippen LogP contribution >= 0.6 is 0 Å². The van der Waals surface area contributed by atoms with Gasteiger partial charge in [0.25, 0.3) is 0 Å². The van der Waals surface area contributed by atoms with E-state index in [0.717, 1.165) is 19.6 Å². The van der Waals surface area contributed by atoms with Crippen LogP contribution in [0.1, 0.15) is 45.4 Å². The van der Waals surface area contributed by atoms with Crippen molar-refractivity contribution in [3.05, 3.63) is 12.2 Å². The first-order valence-electron chi connectivity index (χ1n) is 6.41. The Morgan fingerprint density at radius 3 is 2.75 bits per heavy atom. The summed E-state index contributed by atoms with van der Waals surface area (Å²) in [5.74, 6) is 1.21. The average Bonchev–Trinajstić information content (AvgIpc) is 2.79. The van der Waals surface area contributed by atoms with Crippen molar-refractivity contribution >= 4 is 0 Å². The van der Waals surface area contributed by atoms with Gasteiger partial charge >= 0.3 is 0 Å². The molecule has 4 nitrogen and oxygen atoms in total. The third-order valence-corrected chi connectivity index (χ3v) is 3.72. The highest BCUT2D eigenvalue weighted by atomic mass is 15.3. The fourth-order valence-corrected chi connectivity index (χ4v) is 2.87. The van der Waals surface area contributed by atoms with Crippen LogP contribution in [-0.2, 0) is 12.0 Å². The number of hydrogen-bond acceptors (Lipinski definition) is 3. The predicted molar refractivity (Wildman–Crippen MR) is 64.4 cm³/mol. The molecule has 1 aliphatic heterocycles. The van der Waals surface area contributed by atoms with Crippen molar-refractivity contribution in [2.45, 2.75) is 51.5 Å². The standard InChI is InChI=1S/C12H22N4/c1-3-5-12(6-8-13-9-7-12)11-15-14-10-16(11)4-2/h10,13H,3-9H2,1-2H3.